The molecule has 1 aromatic carbocycles. The predicted molar refractivity (Wildman–Crippen MR) is 90.8 cm³/mol. The monoisotopic (exact) mass is 329 g/mol. The van der Waals surface area contributed by atoms with Crippen molar-refractivity contribution in [1.82, 2.24) is 19.6 Å². The first-order valence-electron chi connectivity index (χ1n) is 7.35. The normalized spacial score (nSPS) is 10.8. The van der Waals surface area contributed by atoms with Crippen LogP contribution in [0.2, 0.25) is 0 Å². The number of nitrogens with two attached hydrogens (primary N) is 2. The molecule has 0 aliphatic carbocycles. The van der Waals surface area contributed by atoms with Gasteiger partial charge in [-0.25, -0.2) is 9.50 Å². The lowest BCUT2D eigenvalue weighted by Crippen LogP contribution is -2.09. The van der Waals surface area contributed by atoms with E-state index in [1.165, 1.54) is 0 Å². The molecule has 0 amide bonds. The number of methoxy groups -OCH3 is 2. The van der Waals surface area contributed by atoms with Crippen molar-refractivity contribution in [2.24, 2.45) is 5.73 Å². The number of fused-ring (bicyclic) bond motifs is 1. The molecule has 2 heterocycles. The standard InChI is InChI=1S/C15H19N7O2/c1-23-11-5-9(6-12(7-11)24-2)19-15-20-14-13(17)18-8-10(3-4-16)22(14)21-15/h5-8H,3-4,16H2,1-2H3,(H2,17,18)(H,19,21). The van der Waals surface area contributed by atoms with E-state index in [9.17, 15) is 0 Å². The Morgan fingerprint density at radius 2 is 1.88 bits per heavy atom. The first-order valence-corrected chi connectivity index (χ1v) is 7.35. The molecule has 0 aliphatic rings. The molecule has 5 N–H and O–H groups in total. The van der Waals surface area contributed by atoms with E-state index in [2.05, 4.69) is 20.4 Å². The minimum Gasteiger partial charge on any atom is -0.497 e. The highest BCUT2D eigenvalue weighted by Crippen LogP contribution is 2.27. The molecule has 0 bridgehead atoms. The lowest BCUT2D eigenvalue weighted by molar-refractivity contribution is 0.395. The van der Waals surface area contributed by atoms with Crippen molar-refractivity contribution in [1.29, 1.82) is 0 Å². The third-order valence-corrected chi connectivity index (χ3v) is 3.47. The van der Waals surface area contributed by atoms with E-state index in [1.54, 1.807) is 31.0 Å². The molecule has 2 aromatic heterocycles. The van der Waals surface area contributed by atoms with E-state index in [1.807, 2.05) is 12.1 Å². The Kier molecular flexibility index (Phi) is 4.34. The first kappa shape index (κ1) is 15.8. The van der Waals surface area contributed by atoms with Crippen LogP contribution in [0, 0.1) is 0 Å². The van der Waals surface area contributed by atoms with Crippen LogP contribution in [0.1, 0.15) is 5.69 Å². The zero-order chi connectivity index (χ0) is 17.1. The van der Waals surface area contributed by atoms with Gasteiger partial charge in [0.25, 0.3) is 0 Å². The summed E-state index contributed by atoms with van der Waals surface area (Å²) < 4.78 is 12.2. The second kappa shape index (κ2) is 6.59. The zero-order valence-electron chi connectivity index (χ0n) is 13.5. The van der Waals surface area contributed by atoms with Crippen LogP contribution in [-0.4, -0.2) is 40.3 Å². The van der Waals surface area contributed by atoms with E-state index in [4.69, 9.17) is 20.9 Å². The van der Waals surface area contributed by atoms with Gasteiger partial charge in [0.05, 0.1) is 26.1 Å². The minimum atomic E-state index is 0.305. The number of rotatable bonds is 6. The summed E-state index contributed by atoms with van der Waals surface area (Å²) in [4.78, 5) is 8.52. The molecular formula is C15H19N7O2. The Morgan fingerprint density at radius 3 is 2.50 bits per heavy atom. The van der Waals surface area contributed by atoms with Crippen LogP contribution >= 0.6 is 0 Å². The Bertz CT molecular complexity index is 840. The number of anilines is 3. The van der Waals surface area contributed by atoms with Crippen LogP contribution in [0.5, 0.6) is 11.5 Å². The van der Waals surface area contributed by atoms with Crippen molar-refractivity contribution >= 4 is 23.1 Å². The quantitative estimate of drug-likeness (QED) is 0.611. The van der Waals surface area contributed by atoms with E-state index < -0.39 is 0 Å². The SMILES string of the molecule is COc1cc(Nc2nc3c(N)ncc(CCN)n3n2)cc(OC)c1. The maximum atomic E-state index is 5.89. The van der Waals surface area contributed by atoms with Gasteiger partial charge in [0.2, 0.25) is 5.95 Å². The molecule has 0 unspecified atom stereocenters. The number of aromatic nitrogens is 4. The molecule has 0 spiro atoms. The highest BCUT2D eigenvalue weighted by Gasteiger charge is 2.12. The molecule has 24 heavy (non-hydrogen) atoms. The van der Waals surface area contributed by atoms with Crippen LogP contribution in [0.15, 0.2) is 24.4 Å². The van der Waals surface area contributed by atoms with Gasteiger partial charge in [-0.3, -0.25) is 0 Å². The van der Waals surface area contributed by atoms with E-state index >= 15 is 0 Å². The fraction of sp³-hybridized carbons (Fsp3) is 0.267. The van der Waals surface area contributed by atoms with Crippen LogP contribution < -0.4 is 26.3 Å². The Labute approximate surface area is 138 Å². The topological polar surface area (TPSA) is 126 Å². The molecule has 0 radical (unpaired) electrons. The lowest BCUT2D eigenvalue weighted by Gasteiger charge is -2.08. The first-order chi connectivity index (χ1) is 11.6. The third-order valence-electron chi connectivity index (χ3n) is 3.47. The third kappa shape index (κ3) is 3.01. The zero-order valence-corrected chi connectivity index (χ0v) is 13.5. The number of hydrogen-bond acceptors (Lipinski definition) is 8. The lowest BCUT2D eigenvalue weighted by atomic mass is 10.3. The van der Waals surface area contributed by atoms with Crippen LogP contribution in [0.4, 0.5) is 17.5 Å². The highest BCUT2D eigenvalue weighted by molar-refractivity contribution is 5.65. The number of nitrogens with one attached hydrogen (secondary N) is 1. The molecule has 126 valence electrons. The average Bonchev–Trinajstić information content (AvgIpc) is 3.01. The van der Waals surface area contributed by atoms with Crippen molar-refractivity contribution in [2.75, 3.05) is 31.8 Å². The summed E-state index contributed by atoms with van der Waals surface area (Å²) in [6.45, 7) is 0.483. The summed E-state index contributed by atoms with van der Waals surface area (Å²) in [7, 11) is 3.18. The average molecular weight is 329 g/mol. The Morgan fingerprint density at radius 1 is 1.17 bits per heavy atom. The molecule has 0 saturated carbocycles. The fourth-order valence-corrected chi connectivity index (χ4v) is 2.31. The van der Waals surface area contributed by atoms with Crippen LogP contribution in [0.25, 0.3) is 5.65 Å². The van der Waals surface area contributed by atoms with Gasteiger partial charge in [-0.15, -0.1) is 5.10 Å². The summed E-state index contributed by atoms with van der Waals surface area (Å²) in [5.41, 5.74) is 13.6. The summed E-state index contributed by atoms with van der Waals surface area (Å²) in [6.07, 6.45) is 2.28. The Hall–Kier alpha value is -3.07. The Balaban J connectivity index is 1.99. The van der Waals surface area contributed by atoms with E-state index in [0.29, 0.717) is 41.9 Å². The summed E-state index contributed by atoms with van der Waals surface area (Å²) in [5.74, 6) is 2.01. The molecular weight excluding hydrogens is 310 g/mol. The van der Waals surface area contributed by atoms with Gasteiger partial charge in [0.1, 0.15) is 11.5 Å². The minimum absolute atomic E-state index is 0.305. The summed E-state index contributed by atoms with van der Waals surface area (Å²) >= 11 is 0. The summed E-state index contributed by atoms with van der Waals surface area (Å²) in [6, 6.07) is 5.41. The maximum Gasteiger partial charge on any atom is 0.247 e. The highest BCUT2D eigenvalue weighted by atomic mass is 16.5. The maximum absolute atomic E-state index is 5.89. The summed E-state index contributed by atoms with van der Waals surface area (Å²) in [5, 5.41) is 7.56. The molecule has 0 aliphatic heterocycles. The smallest absolute Gasteiger partial charge is 0.247 e. The van der Waals surface area contributed by atoms with Crippen molar-refractivity contribution in [3.05, 3.63) is 30.1 Å². The van der Waals surface area contributed by atoms with Crippen molar-refractivity contribution in [3.63, 3.8) is 0 Å². The molecule has 0 saturated heterocycles. The van der Waals surface area contributed by atoms with Gasteiger partial charge >= 0.3 is 0 Å². The van der Waals surface area contributed by atoms with Gasteiger partial charge in [-0.05, 0) is 6.54 Å². The number of nitrogens with zero attached hydrogens (tertiary/aromatic N) is 4. The molecule has 0 fully saturated rings. The van der Waals surface area contributed by atoms with Gasteiger partial charge < -0.3 is 26.3 Å². The number of ether oxygens (including phenoxy) is 2. The number of benzene rings is 1. The van der Waals surface area contributed by atoms with Gasteiger partial charge in [0.15, 0.2) is 11.5 Å². The van der Waals surface area contributed by atoms with Gasteiger partial charge in [-0.1, -0.05) is 0 Å². The molecule has 0 atom stereocenters. The molecule has 3 rings (SSSR count). The molecule has 9 heteroatoms. The fourth-order valence-electron chi connectivity index (χ4n) is 2.31. The van der Waals surface area contributed by atoms with Crippen molar-refractivity contribution in [2.45, 2.75) is 6.42 Å². The van der Waals surface area contributed by atoms with Gasteiger partial charge in [0, 0.05) is 30.3 Å². The van der Waals surface area contributed by atoms with Crippen molar-refractivity contribution < 1.29 is 9.47 Å². The van der Waals surface area contributed by atoms with Crippen LogP contribution in [-0.2, 0) is 6.42 Å². The van der Waals surface area contributed by atoms with Crippen LogP contribution in [0.3, 0.4) is 0 Å². The van der Waals surface area contributed by atoms with Gasteiger partial charge in [-0.2, -0.15) is 4.98 Å². The van der Waals surface area contributed by atoms with E-state index in [0.717, 1.165) is 11.4 Å². The predicted octanol–water partition coefficient (Wildman–Crippen LogP) is 0.968. The number of hydrogen-bond donors (Lipinski definition) is 3. The molecule has 9 nitrogen and oxygen atoms in total. The largest absolute Gasteiger partial charge is 0.497 e. The van der Waals surface area contributed by atoms with Crippen molar-refractivity contribution in [3.8, 4) is 11.5 Å². The van der Waals surface area contributed by atoms with E-state index in [-0.39, 0.29) is 0 Å². The molecule has 3 aromatic rings. The second-order valence-corrected chi connectivity index (χ2v) is 5.07. The number of nitrogen functional groups attached to an aromatic ring is 1. The second-order valence-electron chi connectivity index (χ2n) is 5.07.